The number of carbonyl (C=O) groups excluding carboxylic acids is 5. The number of benzene rings is 3. The second kappa shape index (κ2) is 14.5. The first-order valence-corrected chi connectivity index (χ1v) is 17.8. The van der Waals surface area contributed by atoms with Gasteiger partial charge in [-0.1, -0.05) is 60.5 Å². The number of fused-ring (bicyclic) bond motifs is 2. The lowest BCUT2D eigenvalue weighted by molar-refractivity contribution is -0.137. The molecular weight excluding hydrogens is 660 g/mol. The average molecular weight is 703 g/mol. The van der Waals surface area contributed by atoms with Crippen LogP contribution in [0.1, 0.15) is 89.5 Å². The minimum atomic E-state index is -0.717. The highest BCUT2D eigenvalue weighted by Crippen LogP contribution is 2.43. The van der Waals surface area contributed by atoms with E-state index in [2.05, 4.69) is 34.0 Å². The van der Waals surface area contributed by atoms with E-state index in [0.29, 0.717) is 36.2 Å². The van der Waals surface area contributed by atoms with E-state index in [1.807, 2.05) is 56.1 Å². The number of aryl methyl sites for hydroxylation is 2. The van der Waals surface area contributed by atoms with Gasteiger partial charge >= 0.3 is 6.03 Å². The van der Waals surface area contributed by atoms with Crippen LogP contribution in [0.4, 0.5) is 16.2 Å². The Balaban J connectivity index is 0.965. The molecule has 1 saturated heterocycles. The van der Waals surface area contributed by atoms with Crippen LogP contribution in [0.5, 0.6) is 0 Å². The van der Waals surface area contributed by atoms with E-state index in [1.165, 1.54) is 4.90 Å². The van der Waals surface area contributed by atoms with E-state index in [1.54, 1.807) is 23.1 Å². The maximum atomic E-state index is 13.8. The number of aromatic nitrogens is 1. The van der Waals surface area contributed by atoms with E-state index in [9.17, 15) is 24.0 Å². The summed E-state index contributed by atoms with van der Waals surface area (Å²) in [6, 6.07) is 20.4. The first-order valence-electron chi connectivity index (χ1n) is 17.8. The third-order valence-electron chi connectivity index (χ3n) is 10.4. The number of carbonyl (C=O) groups is 5. The van der Waals surface area contributed by atoms with Gasteiger partial charge in [0, 0.05) is 60.9 Å². The van der Waals surface area contributed by atoms with Gasteiger partial charge in [-0.2, -0.15) is 0 Å². The molecule has 2 unspecified atom stereocenters. The number of rotatable bonds is 11. The normalized spacial score (nSPS) is 18.4. The fourth-order valence-electron chi connectivity index (χ4n) is 7.76. The second-order valence-electron chi connectivity index (χ2n) is 13.8. The number of unbranched alkanes of at least 4 members (excludes halogenated alkanes) is 3. The first-order chi connectivity index (χ1) is 25.1. The quantitative estimate of drug-likeness (QED) is 0.138. The number of imide groups is 1. The predicted octanol–water partition coefficient (Wildman–Crippen LogP) is 6.27. The van der Waals surface area contributed by atoms with Gasteiger partial charge in [0.25, 0.3) is 5.91 Å². The van der Waals surface area contributed by atoms with Gasteiger partial charge in [0.05, 0.1) is 17.4 Å². The summed E-state index contributed by atoms with van der Waals surface area (Å²) in [7, 11) is 1.81. The summed E-state index contributed by atoms with van der Waals surface area (Å²) in [5.41, 5.74) is 7.41. The van der Waals surface area contributed by atoms with Gasteiger partial charge in [0.15, 0.2) is 0 Å². The van der Waals surface area contributed by atoms with Crippen LogP contribution >= 0.6 is 0 Å². The largest absolute Gasteiger partial charge is 0.361 e. The van der Waals surface area contributed by atoms with Crippen molar-refractivity contribution in [2.45, 2.75) is 77.4 Å². The number of urea groups is 1. The molecule has 3 aliphatic rings. The summed E-state index contributed by atoms with van der Waals surface area (Å²) in [4.78, 5) is 69.2. The molecule has 7 rings (SSSR count). The smallest absolute Gasteiger partial charge is 0.325 e. The lowest BCUT2D eigenvalue weighted by Crippen LogP contribution is -2.52. The minimum absolute atomic E-state index is 0.0594. The van der Waals surface area contributed by atoms with Crippen LogP contribution in [0.25, 0.3) is 11.1 Å². The van der Waals surface area contributed by atoms with Gasteiger partial charge in [0.1, 0.15) is 11.8 Å². The zero-order valence-corrected chi connectivity index (χ0v) is 29.6. The topological polar surface area (TPSA) is 145 Å². The van der Waals surface area contributed by atoms with Crippen LogP contribution in [0.3, 0.4) is 0 Å². The van der Waals surface area contributed by atoms with E-state index in [4.69, 9.17) is 4.52 Å². The van der Waals surface area contributed by atoms with Gasteiger partial charge < -0.3 is 19.6 Å². The maximum Gasteiger partial charge on any atom is 0.325 e. The monoisotopic (exact) mass is 702 g/mol. The Kier molecular flexibility index (Phi) is 9.63. The molecule has 1 aromatic heterocycles. The van der Waals surface area contributed by atoms with Crippen LogP contribution < -0.4 is 15.5 Å². The fraction of sp³-hybridized carbons (Fsp3) is 0.350. The molecule has 3 aromatic carbocycles. The van der Waals surface area contributed by atoms with Crippen LogP contribution in [0.15, 0.2) is 71.3 Å². The van der Waals surface area contributed by atoms with E-state index in [-0.39, 0.29) is 49.2 Å². The lowest BCUT2D eigenvalue weighted by Gasteiger charge is -2.42. The molecule has 0 radical (unpaired) electrons. The van der Waals surface area contributed by atoms with Crippen molar-refractivity contribution >= 4 is 41.0 Å². The molecule has 52 heavy (non-hydrogen) atoms. The van der Waals surface area contributed by atoms with Gasteiger partial charge in [0.2, 0.25) is 17.7 Å². The minimum Gasteiger partial charge on any atom is -0.361 e. The number of amides is 6. The molecular formula is C40H42N6O6. The molecule has 268 valence electrons. The third kappa shape index (κ3) is 6.56. The van der Waals surface area contributed by atoms with Crippen molar-refractivity contribution in [1.29, 1.82) is 0 Å². The average Bonchev–Trinajstić information content (AvgIpc) is 3.66. The molecule has 0 saturated carbocycles. The predicted molar refractivity (Wildman–Crippen MR) is 194 cm³/mol. The second-order valence-corrected chi connectivity index (χ2v) is 13.8. The number of hydrogen-bond donors (Lipinski definition) is 2. The number of hydrogen-bond acceptors (Lipinski definition) is 7. The van der Waals surface area contributed by atoms with Crippen molar-refractivity contribution in [3.05, 3.63) is 100 Å². The molecule has 12 nitrogen and oxygen atoms in total. The van der Waals surface area contributed by atoms with Crippen molar-refractivity contribution in [1.82, 2.24) is 20.3 Å². The van der Waals surface area contributed by atoms with Crippen molar-refractivity contribution in [3.8, 4) is 11.1 Å². The standard InChI is InChI=1S/C40H42N6O6/c1-24-36(25(2)52-43-24)27-17-18-32-29(22-27)37(26-12-7-6-8-13-26)45(40(51)44(32)3)21-10-5-4-9-16-34(47)41-31-15-11-14-28-30(31)23-46(39(28)50)33-19-20-35(48)42-38(33)49/h6-8,11-15,17-18,22,33,37H,4-5,9-10,16,19-21,23H2,1-3H3,(H,41,47)(H,42,48,49). The SMILES string of the molecule is Cc1noc(C)c1-c1ccc2c(c1)C(c1ccccc1)N(CCCCCCC(=O)Nc1cccc3c1CN(C1CCC(=O)NC1=O)C3=O)C(=O)N2C. The van der Waals surface area contributed by atoms with E-state index < -0.39 is 11.9 Å². The molecule has 12 heteroatoms. The van der Waals surface area contributed by atoms with Crippen LogP contribution in [-0.4, -0.2) is 64.3 Å². The Labute approximate surface area is 302 Å². The van der Waals surface area contributed by atoms with Crippen LogP contribution in [-0.2, 0) is 20.9 Å². The highest BCUT2D eigenvalue weighted by Gasteiger charge is 2.40. The molecule has 0 spiro atoms. The molecule has 4 heterocycles. The van der Waals surface area contributed by atoms with Gasteiger partial charge in [-0.05, 0) is 68.5 Å². The Morgan fingerprint density at radius 3 is 2.50 bits per heavy atom. The zero-order chi connectivity index (χ0) is 36.5. The van der Waals surface area contributed by atoms with Crippen molar-refractivity contribution in [2.24, 2.45) is 0 Å². The van der Waals surface area contributed by atoms with Crippen molar-refractivity contribution < 1.29 is 28.5 Å². The van der Waals surface area contributed by atoms with Crippen LogP contribution in [0, 0.1) is 13.8 Å². The summed E-state index contributed by atoms with van der Waals surface area (Å²) < 4.78 is 5.46. The number of nitrogens with one attached hydrogen (secondary N) is 2. The molecule has 1 fully saturated rings. The van der Waals surface area contributed by atoms with Gasteiger partial charge in [-0.25, -0.2) is 4.79 Å². The first kappa shape index (κ1) is 34.7. The van der Waals surface area contributed by atoms with Crippen molar-refractivity contribution in [3.63, 3.8) is 0 Å². The zero-order valence-electron chi connectivity index (χ0n) is 29.6. The Hall–Kier alpha value is -5.78. The molecule has 2 atom stereocenters. The van der Waals surface area contributed by atoms with Crippen molar-refractivity contribution in [2.75, 3.05) is 23.8 Å². The number of anilines is 2. The maximum absolute atomic E-state index is 13.8. The Morgan fingerprint density at radius 2 is 1.75 bits per heavy atom. The Morgan fingerprint density at radius 1 is 0.962 bits per heavy atom. The van der Waals surface area contributed by atoms with Gasteiger partial charge in [-0.3, -0.25) is 29.4 Å². The van der Waals surface area contributed by atoms with E-state index >= 15 is 0 Å². The summed E-state index contributed by atoms with van der Waals surface area (Å²) in [6.45, 7) is 4.58. The molecule has 2 N–H and O–H groups in total. The van der Waals surface area contributed by atoms with Crippen LogP contribution in [0.2, 0.25) is 0 Å². The molecule has 4 aromatic rings. The van der Waals surface area contributed by atoms with E-state index in [0.717, 1.165) is 58.7 Å². The van der Waals surface area contributed by atoms with Gasteiger partial charge in [-0.15, -0.1) is 0 Å². The molecule has 0 bridgehead atoms. The summed E-state index contributed by atoms with van der Waals surface area (Å²) in [5, 5.41) is 9.44. The third-order valence-corrected chi connectivity index (χ3v) is 10.4. The summed E-state index contributed by atoms with van der Waals surface area (Å²) in [6.07, 6.45) is 3.85. The lowest BCUT2D eigenvalue weighted by atomic mass is 9.90. The fourth-order valence-corrected chi connectivity index (χ4v) is 7.76. The number of nitrogens with zero attached hydrogens (tertiary/aromatic N) is 4. The molecule has 0 aliphatic carbocycles. The number of piperidine rings is 1. The molecule has 6 amide bonds. The molecule has 3 aliphatic heterocycles. The Bertz CT molecular complexity index is 2040. The highest BCUT2D eigenvalue weighted by atomic mass is 16.5. The summed E-state index contributed by atoms with van der Waals surface area (Å²) in [5.74, 6) is -0.487. The highest BCUT2D eigenvalue weighted by molar-refractivity contribution is 6.07. The summed E-state index contributed by atoms with van der Waals surface area (Å²) >= 11 is 0.